The van der Waals surface area contributed by atoms with Gasteiger partial charge < -0.3 is 9.64 Å². The Morgan fingerprint density at radius 3 is 2.48 bits per heavy atom. The first-order valence-corrected chi connectivity index (χ1v) is 12.1. The molecule has 0 spiro atoms. The number of amides is 1. The number of esters is 1. The van der Waals surface area contributed by atoms with Crippen molar-refractivity contribution in [3.05, 3.63) is 87.9 Å². The number of benzene rings is 3. The summed E-state index contributed by atoms with van der Waals surface area (Å²) < 4.78 is 33.0. The van der Waals surface area contributed by atoms with Gasteiger partial charge in [0.15, 0.2) is 6.61 Å². The van der Waals surface area contributed by atoms with Crippen molar-refractivity contribution in [1.82, 2.24) is 0 Å². The van der Waals surface area contributed by atoms with E-state index in [0.29, 0.717) is 17.3 Å². The Morgan fingerprint density at radius 1 is 1.00 bits per heavy atom. The van der Waals surface area contributed by atoms with Crippen molar-refractivity contribution < 1.29 is 22.7 Å². The number of ether oxygens (including phenoxy) is 1. The van der Waals surface area contributed by atoms with E-state index < -0.39 is 22.6 Å². The maximum absolute atomic E-state index is 12.7. The number of nitrogens with zero attached hydrogens (tertiary/aromatic N) is 1. The Labute approximate surface area is 200 Å². The second-order valence-electron chi connectivity index (χ2n) is 7.25. The predicted octanol–water partition coefficient (Wildman–Crippen LogP) is 4.54. The molecule has 0 radical (unpaired) electrons. The summed E-state index contributed by atoms with van der Waals surface area (Å²) >= 11 is 11.9. The second-order valence-corrected chi connectivity index (χ2v) is 9.78. The lowest BCUT2D eigenvalue weighted by atomic mass is 10.2. The van der Waals surface area contributed by atoms with Gasteiger partial charge in [0.25, 0.3) is 15.9 Å². The molecule has 3 aromatic carbocycles. The Balaban J connectivity index is 1.46. The summed E-state index contributed by atoms with van der Waals surface area (Å²) in [6.45, 7) is 0.00405. The number of hydrogen-bond donors (Lipinski definition) is 1. The molecule has 0 fully saturated rings. The highest BCUT2D eigenvalue weighted by Crippen LogP contribution is 2.28. The predicted molar refractivity (Wildman–Crippen MR) is 126 cm³/mol. The van der Waals surface area contributed by atoms with Gasteiger partial charge in [0.1, 0.15) is 0 Å². The molecule has 10 heteroatoms. The number of hydrogen-bond acceptors (Lipinski definition) is 5. The molecule has 170 valence electrons. The molecule has 1 amide bonds. The SMILES string of the molecule is O=C(OCC(=O)N1CCc2ccccc21)c1cc(S(=O)(=O)Nc2ccc(Cl)cc2)ccc1Cl. The number of nitrogens with one attached hydrogen (secondary N) is 1. The molecule has 1 heterocycles. The topological polar surface area (TPSA) is 92.8 Å². The summed E-state index contributed by atoms with van der Waals surface area (Å²) in [4.78, 5) is 26.6. The number of anilines is 2. The van der Waals surface area contributed by atoms with Crippen LogP contribution in [0.25, 0.3) is 0 Å². The molecule has 0 atom stereocenters. The van der Waals surface area contributed by atoms with Crippen LogP contribution in [-0.2, 0) is 26.0 Å². The van der Waals surface area contributed by atoms with Crippen molar-refractivity contribution in [3.63, 3.8) is 0 Å². The van der Waals surface area contributed by atoms with E-state index in [-0.39, 0.29) is 21.4 Å². The summed E-state index contributed by atoms with van der Waals surface area (Å²) in [6.07, 6.45) is 0.724. The minimum atomic E-state index is -4.01. The molecule has 7 nitrogen and oxygen atoms in total. The maximum Gasteiger partial charge on any atom is 0.340 e. The van der Waals surface area contributed by atoms with Gasteiger partial charge in [0, 0.05) is 22.9 Å². The molecule has 3 aromatic rings. The fourth-order valence-corrected chi connectivity index (χ4v) is 4.85. The first-order chi connectivity index (χ1) is 15.7. The lowest BCUT2D eigenvalue weighted by molar-refractivity contribution is -0.121. The van der Waals surface area contributed by atoms with E-state index in [2.05, 4.69) is 4.72 Å². The van der Waals surface area contributed by atoms with Crippen LogP contribution in [0.5, 0.6) is 0 Å². The standard InChI is InChI=1S/C23H18Cl2N2O5S/c24-16-5-7-17(8-6-16)26-33(30,31)18-9-10-20(25)19(13-18)23(29)32-14-22(28)27-12-11-15-3-1-2-4-21(15)27/h1-10,13,26H,11-12,14H2. The third-order valence-corrected chi connectivity index (χ3v) is 7.04. The second kappa shape index (κ2) is 9.43. The lowest BCUT2D eigenvalue weighted by Gasteiger charge is -2.17. The fourth-order valence-electron chi connectivity index (χ4n) is 3.44. The van der Waals surface area contributed by atoms with Crippen LogP contribution in [0.2, 0.25) is 10.0 Å². The Kier molecular flexibility index (Phi) is 6.60. The van der Waals surface area contributed by atoms with Crippen LogP contribution >= 0.6 is 23.2 Å². The molecule has 0 aromatic heterocycles. The molecule has 33 heavy (non-hydrogen) atoms. The van der Waals surface area contributed by atoms with E-state index in [1.807, 2.05) is 24.3 Å². The highest BCUT2D eigenvalue weighted by Gasteiger charge is 2.26. The Hall–Kier alpha value is -3.07. The van der Waals surface area contributed by atoms with Gasteiger partial charge >= 0.3 is 5.97 Å². The minimum Gasteiger partial charge on any atom is -0.452 e. The number of sulfonamides is 1. The van der Waals surface area contributed by atoms with Crippen molar-refractivity contribution in [2.24, 2.45) is 0 Å². The smallest absolute Gasteiger partial charge is 0.340 e. The van der Waals surface area contributed by atoms with Crippen molar-refractivity contribution in [2.75, 3.05) is 22.8 Å². The molecule has 1 aliphatic heterocycles. The number of halogens is 2. The van der Waals surface area contributed by atoms with E-state index in [1.165, 1.54) is 24.3 Å². The van der Waals surface area contributed by atoms with Gasteiger partial charge in [-0.25, -0.2) is 13.2 Å². The van der Waals surface area contributed by atoms with Crippen molar-refractivity contribution in [3.8, 4) is 0 Å². The number of rotatable bonds is 6. The van der Waals surface area contributed by atoms with Crippen molar-refractivity contribution in [1.29, 1.82) is 0 Å². The normalized spacial score (nSPS) is 12.8. The van der Waals surface area contributed by atoms with Gasteiger partial charge in [-0.05, 0) is 60.5 Å². The molecular formula is C23H18Cl2N2O5S. The first kappa shape index (κ1) is 23.1. The molecule has 0 bridgehead atoms. The Bertz CT molecular complexity index is 1330. The fraction of sp³-hybridized carbons (Fsp3) is 0.130. The van der Waals surface area contributed by atoms with Crippen LogP contribution in [0.1, 0.15) is 15.9 Å². The number of para-hydroxylation sites is 1. The van der Waals surface area contributed by atoms with E-state index in [0.717, 1.165) is 23.7 Å². The van der Waals surface area contributed by atoms with Gasteiger partial charge in [0.05, 0.1) is 15.5 Å². The van der Waals surface area contributed by atoms with E-state index in [4.69, 9.17) is 27.9 Å². The number of fused-ring (bicyclic) bond motifs is 1. The highest BCUT2D eigenvalue weighted by molar-refractivity contribution is 7.92. The number of carbonyl (C=O) groups is 2. The van der Waals surface area contributed by atoms with Crippen molar-refractivity contribution in [2.45, 2.75) is 11.3 Å². The van der Waals surface area contributed by atoms with E-state index in [1.54, 1.807) is 17.0 Å². The van der Waals surface area contributed by atoms with Crippen LogP contribution in [0.3, 0.4) is 0 Å². The molecule has 0 saturated heterocycles. The molecule has 0 unspecified atom stereocenters. The van der Waals surface area contributed by atoms with Crippen LogP contribution in [-0.4, -0.2) is 33.4 Å². The van der Waals surface area contributed by atoms with Crippen LogP contribution < -0.4 is 9.62 Å². The largest absolute Gasteiger partial charge is 0.452 e. The zero-order valence-corrected chi connectivity index (χ0v) is 19.5. The molecule has 1 N–H and O–H groups in total. The summed E-state index contributed by atoms with van der Waals surface area (Å²) in [5.41, 5.74) is 1.98. The summed E-state index contributed by atoms with van der Waals surface area (Å²) in [5.74, 6) is -1.28. The van der Waals surface area contributed by atoms with Crippen LogP contribution in [0.15, 0.2) is 71.6 Å². The minimum absolute atomic E-state index is 0.00408. The van der Waals surface area contributed by atoms with Gasteiger partial charge in [-0.1, -0.05) is 41.4 Å². The molecule has 4 rings (SSSR count). The molecule has 0 aliphatic carbocycles. The van der Waals surface area contributed by atoms with E-state index in [9.17, 15) is 18.0 Å². The third-order valence-electron chi connectivity index (χ3n) is 5.08. The van der Waals surface area contributed by atoms with Gasteiger partial charge in [-0.2, -0.15) is 0 Å². The monoisotopic (exact) mass is 504 g/mol. The molecule has 0 saturated carbocycles. The summed E-state index contributed by atoms with van der Waals surface area (Å²) in [7, 11) is -4.01. The van der Waals surface area contributed by atoms with Gasteiger partial charge in [-0.15, -0.1) is 0 Å². The first-order valence-electron chi connectivity index (χ1n) is 9.88. The average molecular weight is 505 g/mol. The lowest BCUT2D eigenvalue weighted by Crippen LogP contribution is -2.33. The number of carbonyl (C=O) groups excluding carboxylic acids is 2. The quantitative estimate of drug-likeness (QED) is 0.497. The van der Waals surface area contributed by atoms with Crippen molar-refractivity contribution >= 4 is 56.5 Å². The summed E-state index contributed by atoms with van der Waals surface area (Å²) in [6, 6.07) is 17.3. The van der Waals surface area contributed by atoms with Gasteiger partial charge in [0.2, 0.25) is 0 Å². The molecular weight excluding hydrogens is 487 g/mol. The van der Waals surface area contributed by atoms with E-state index >= 15 is 0 Å². The van der Waals surface area contributed by atoms with Crippen LogP contribution in [0.4, 0.5) is 11.4 Å². The summed E-state index contributed by atoms with van der Waals surface area (Å²) in [5, 5.41) is 0.464. The molecule has 1 aliphatic rings. The van der Waals surface area contributed by atoms with Gasteiger partial charge in [-0.3, -0.25) is 9.52 Å². The average Bonchev–Trinajstić information content (AvgIpc) is 3.23. The third kappa shape index (κ3) is 5.13. The zero-order valence-electron chi connectivity index (χ0n) is 17.1. The highest BCUT2D eigenvalue weighted by atomic mass is 35.5. The zero-order chi connectivity index (χ0) is 23.6. The maximum atomic E-state index is 12.7. The Morgan fingerprint density at radius 2 is 1.73 bits per heavy atom. The van der Waals surface area contributed by atoms with Crippen LogP contribution in [0, 0.1) is 0 Å².